The van der Waals surface area contributed by atoms with E-state index < -0.39 is 0 Å². The van der Waals surface area contributed by atoms with Crippen molar-refractivity contribution in [2.45, 2.75) is 42.9 Å². The standard InChI is InChI=1S/C15H21N3OS/c1-4-13(11(2)16-3)15-17-14(18-19-15)10-20-12-8-6-5-7-9-12/h5-9,11,13,16H,4,10H2,1-3H3. The van der Waals surface area contributed by atoms with Gasteiger partial charge in [-0.15, -0.1) is 11.8 Å². The molecule has 2 rings (SSSR count). The Morgan fingerprint density at radius 3 is 2.70 bits per heavy atom. The van der Waals surface area contributed by atoms with Gasteiger partial charge in [0.2, 0.25) is 5.89 Å². The molecule has 0 aliphatic carbocycles. The van der Waals surface area contributed by atoms with Crippen molar-refractivity contribution in [3.63, 3.8) is 0 Å². The van der Waals surface area contributed by atoms with E-state index in [9.17, 15) is 0 Å². The van der Waals surface area contributed by atoms with Gasteiger partial charge >= 0.3 is 0 Å². The molecule has 0 spiro atoms. The van der Waals surface area contributed by atoms with Crippen molar-refractivity contribution >= 4 is 11.8 Å². The number of thioether (sulfide) groups is 1. The van der Waals surface area contributed by atoms with E-state index in [0.29, 0.717) is 6.04 Å². The topological polar surface area (TPSA) is 51.0 Å². The first-order valence-corrected chi connectivity index (χ1v) is 7.90. The van der Waals surface area contributed by atoms with Gasteiger partial charge in [0.1, 0.15) is 0 Å². The fraction of sp³-hybridized carbons (Fsp3) is 0.467. The number of nitrogens with zero attached hydrogens (tertiary/aromatic N) is 2. The molecule has 1 aromatic carbocycles. The molecule has 0 saturated carbocycles. The number of rotatable bonds is 7. The fourth-order valence-corrected chi connectivity index (χ4v) is 2.85. The number of likely N-dealkylation sites (N-methyl/N-ethyl adjacent to an activating group) is 1. The van der Waals surface area contributed by atoms with Crippen LogP contribution in [0.4, 0.5) is 0 Å². The summed E-state index contributed by atoms with van der Waals surface area (Å²) in [4.78, 5) is 5.74. The number of benzene rings is 1. The molecule has 0 bridgehead atoms. The summed E-state index contributed by atoms with van der Waals surface area (Å²) in [7, 11) is 1.95. The smallest absolute Gasteiger partial charge is 0.231 e. The second-order valence-electron chi connectivity index (χ2n) is 4.74. The molecule has 0 radical (unpaired) electrons. The van der Waals surface area contributed by atoms with Gasteiger partial charge in [0.15, 0.2) is 5.82 Å². The van der Waals surface area contributed by atoms with Crippen LogP contribution in [0, 0.1) is 0 Å². The van der Waals surface area contributed by atoms with E-state index in [1.54, 1.807) is 11.8 Å². The molecule has 0 amide bonds. The highest BCUT2D eigenvalue weighted by Gasteiger charge is 2.22. The Kier molecular flexibility index (Phi) is 5.61. The second kappa shape index (κ2) is 7.45. The van der Waals surface area contributed by atoms with Gasteiger partial charge in [-0.1, -0.05) is 30.3 Å². The normalized spacial score (nSPS) is 14.2. The lowest BCUT2D eigenvalue weighted by Crippen LogP contribution is -2.28. The fourth-order valence-electron chi connectivity index (χ4n) is 2.08. The van der Waals surface area contributed by atoms with Crippen molar-refractivity contribution < 1.29 is 4.52 Å². The van der Waals surface area contributed by atoms with Crippen LogP contribution in [0.15, 0.2) is 39.8 Å². The van der Waals surface area contributed by atoms with Gasteiger partial charge in [0.05, 0.1) is 11.7 Å². The molecular formula is C15H21N3OS. The Balaban J connectivity index is 1.98. The quantitative estimate of drug-likeness (QED) is 0.792. The number of hydrogen-bond donors (Lipinski definition) is 1. The summed E-state index contributed by atoms with van der Waals surface area (Å²) in [5.41, 5.74) is 0. The Morgan fingerprint density at radius 1 is 1.30 bits per heavy atom. The van der Waals surface area contributed by atoms with E-state index in [-0.39, 0.29) is 5.92 Å². The predicted molar refractivity (Wildman–Crippen MR) is 81.9 cm³/mol. The van der Waals surface area contributed by atoms with Crippen LogP contribution in [0.1, 0.15) is 37.9 Å². The highest BCUT2D eigenvalue weighted by atomic mass is 32.2. The Labute approximate surface area is 124 Å². The van der Waals surface area contributed by atoms with Crippen LogP contribution in [0.5, 0.6) is 0 Å². The second-order valence-corrected chi connectivity index (χ2v) is 5.79. The maximum atomic E-state index is 5.41. The first-order chi connectivity index (χ1) is 9.74. The van der Waals surface area contributed by atoms with Gasteiger partial charge in [0.25, 0.3) is 0 Å². The minimum absolute atomic E-state index is 0.267. The number of aromatic nitrogens is 2. The van der Waals surface area contributed by atoms with Gasteiger partial charge < -0.3 is 9.84 Å². The van der Waals surface area contributed by atoms with Crippen molar-refractivity contribution in [1.29, 1.82) is 0 Å². The largest absolute Gasteiger partial charge is 0.339 e. The lowest BCUT2D eigenvalue weighted by atomic mass is 9.98. The Bertz CT molecular complexity index is 515. The average molecular weight is 291 g/mol. The number of hydrogen-bond acceptors (Lipinski definition) is 5. The Morgan fingerprint density at radius 2 is 2.05 bits per heavy atom. The molecule has 0 fully saturated rings. The lowest BCUT2D eigenvalue weighted by molar-refractivity contribution is 0.320. The van der Waals surface area contributed by atoms with E-state index in [4.69, 9.17) is 4.52 Å². The zero-order chi connectivity index (χ0) is 14.4. The lowest BCUT2D eigenvalue weighted by Gasteiger charge is -2.17. The van der Waals surface area contributed by atoms with Crippen LogP contribution in [0.2, 0.25) is 0 Å². The van der Waals surface area contributed by atoms with Gasteiger partial charge in [0, 0.05) is 10.9 Å². The zero-order valence-corrected chi connectivity index (χ0v) is 13.0. The summed E-state index contributed by atoms with van der Waals surface area (Å²) in [6.07, 6.45) is 0.982. The minimum Gasteiger partial charge on any atom is -0.339 e. The molecule has 0 saturated heterocycles. The van der Waals surface area contributed by atoms with Crippen LogP contribution in [0.3, 0.4) is 0 Å². The molecule has 1 N–H and O–H groups in total. The maximum Gasteiger partial charge on any atom is 0.231 e. The minimum atomic E-state index is 0.267. The summed E-state index contributed by atoms with van der Waals surface area (Å²) < 4.78 is 5.41. The summed E-state index contributed by atoms with van der Waals surface area (Å²) >= 11 is 1.72. The number of nitrogens with one attached hydrogen (secondary N) is 1. The zero-order valence-electron chi connectivity index (χ0n) is 12.2. The third-order valence-corrected chi connectivity index (χ3v) is 4.42. The maximum absolute atomic E-state index is 5.41. The third kappa shape index (κ3) is 3.84. The van der Waals surface area contributed by atoms with Crippen molar-refractivity contribution in [2.24, 2.45) is 0 Å². The van der Waals surface area contributed by atoms with Gasteiger partial charge in [-0.05, 0) is 32.5 Å². The van der Waals surface area contributed by atoms with Gasteiger partial charge in [-0.25, -0.2) is 0 Å². The molecule has 4 nitrogen and oxygen atoms in total. The molecule has 2 unspecified atom stereocenters. The molecular weight excluding hydrogens is 270 g/mol. The molecule has 0 aliphatic rings. The molecule has 1 aromatic heterocycles. The van der Waals surface area contributed by atoms with Crippen LogP contribution in [0.25, 0.3) is 0 Å². The molecule has 2 aromatic rings. The summed E-state index contributed by atoms with van der Waals surface area (Å²) in [6, 6.07) is 10.6. The monoisotopic (exact) mass is 291 g/mol. The third-order valence-electron chi connectivity index (χ3n) is 3.41. The SMILES string of the molecule is CCC(c1nc(CSc2ccccc2)no1)C(C)NC. The highest BCUT2D eigenvalue weighted by Crippen LogP contribution is 2.24. The van der Waals surface area contributed by atoms with Crippen LogP contribution < -0.4 is 5.32 Å². The van der Waals surface area contributed by atoms with Crippen LogP contribution in [-0.2, 0) is 5.75 Å². The molecule has 2 atom stereocenters. The molecule has 1 heterocycles. The first kappa shape index (κ1) is 15.1. The molecule has 0 aliphatic heterocycles. The molecule has 5 heteroatoms. The van der Waals surface area contributed by atoms with E-state index >= 15 is 0 Å². The Hall–Kier alpha value is -1.33. The van der Waals surface area contributed by atoms with E-state index in [1.807, 2.05) is 25.2 Å². The van der Waals surface area contributed by atoms with Gasteiger partial charge in [-0.3, -0.25) is 0 Å². The van der Waals surface area contributed by atoms with Crippen molar-refractivity contribution in [2.75, 3.05) is 7.05 Å². The van der Waals surface area contributed by atoms with E-state index in [2.05, 4.69) is 41.4 Å². The summed E-state index contributed by atoms with van der Waals surface area (Å²) in [5, 5.41) is 7.33. The van der Waals surface area contributed by atoms with Crippen LogP contribution >= 0.6 is 11.8 Å². The van der Waals surface area contributed by atoms with E-state index in [0.717, 1.165) is 23.9 Å². The summed E-state index contributed by atoms with van der Waals surface area (Å²) in [5.74, 6) is 2.49. The predicted octanol–water partition coefficient (Wildman–Crippen LogP) is 3.46. The van der Waals surface area contributed by atoms with Crippen molar-refractivity contribution in [1.82, 2.24) is 15.5 Å². The van der Waals surface area contributed by atoms with Crippen LogP contribution in [-0.4, -0.2) is 23.2 Å². The summed E-state index contributed by atoms with van der Waals surface area (Å²) in [6.45, 7) is 4.28. The van der Waals surface area contributed by atoms with Crippen molar-refractivity contribution in [3.8, 4) is 0 Å². The average Bonchev–Trinajstić information content (AvgIpc) is 2.95. The molecule has 108 valence electrons. The van der Waals surface area contributed by atoms with Crippen molar-refractivity contribution in [3.05, 3.63) is 42.0 Å². The van der Waals surface area contributed by atoms with E-state index in [1.165, 1.54) is 4.90 Å². The van der Waals surface area contributed by atoms with Gasteiger partial charge in [-0.2, -0.15) is 4.98 Å². The highest BCUT2D eigenvalue weighted by molar-refractivity contribution is 7.98. The first-order valence-electron chi connectivity index (χ1n) is 6.92. The molecule has 20 heavy (non-hydrogen) atoms.